The monoisotopic (exact) mass is 193 g/mol. The second kappa shape index (κ2) is 5.99. The zero-order chi connectivity index (χ0) is 11.1. The van der Waals surface area contributed by atoms with Crippen LogP contribution in [0.1, 0.15) is 20.3 Å². The zero-order valence-electron chi connectivity index (χ0n) is 8.82. The molecule has 0 heterocycles. The summed E-state index contributed by atoms with van der Waals surface area (Å²) in [4.78, 5) is 13.0. The molecular weight excluding hydrogens is 178 g/mol. The summed E-state index contributed by atoms with van der Waals surface area (Å²) in [6, 6.07) is 4.00. The van der Waals surface area contributed by atoms with Gasteiger partial charge in [0.15, 0.2) is 0 Å². The van der Waals surface area contributed by atoms with Gasteiger partial charge in [0.1, 0.15) is 5.92 Å². The average Bonchev–Trinajstić information content (AvgIpc) is 2.19. The molecule has 0 saturated carbocycles. The lowest BCUT2D eigenvalue weighted by Crippen LogP contribution is -2.35. The van der Waals surface area contributed by atoms with Gasteiger partial charge < -0.3 is 4.90 Å². The molecular formula is C10H15N3O. The molecule has 2 atom stereocenters. The molecule has 0 saturated heterocycles. The highest BCUT2D eigenvalue weighted by Gasteiger charge is 2.20. The van der Waals surface area contributed by atoms with Crippen molar-refractivity contribution in [3.63, 3.8) is 0 Å². The summed E-state index contributed by atoms with van der Waals surface area (Å²) >= 11 is 0. The Morgan fingerprint density at radius 3 is 2.36 bits per heavy atom. The summed E-state index contributed by atoms with van der Waals surface area (Å²) < 4.78 is 0. The van der Waals surface area contributed by atoms with E-state index in [1.807, 2.05) is 12.1 Å². The Morgan fingerprint density at radius 2 is 2.00 bits per heavy atom. The average molecular weight is 193 g/mol. The maximum Gasteiger partial charge on any atom is 0.239 e. The number of carbonyl (C=O) groups excluding carboxylic acids is 1. The van der Waals surface area contributed by atoms with Gasteiger partial charge in [-0.1, -0.05) is 6.92 Å². The molecule has 0 radical (unpaired) electrons. The number of nitriles is 2. The van der Waals surface area contributed by atoms with Crippen molar-refractivity contribution in [1.29, 1.82) is 10.5 Å². The minimum atomic E-state index is -0.578. The Labute approximate surface area is 84.7 Å². The molecule has 0 aromatic rings. The first-order valence-corrected chi connectivity index (χ1v) is 4.61. The third kappa shape index (κ3) is 3.45. The van der Waals surface area contributed by atoms with Crippen LogP contribution in [0.15, 0.2) is 0 Å². The van der Waals surface area contributed by atoms with Crippen molar-refractivity contribution in [2.24, 2.45) is 11.8 Å². The minimum Gasteiger partial charge on any atom is -0.343 e. The number of amides is 1. The summed E-state index contributed by atoms with van der Waals surface area (Å²) in [5, 5.41) is 17.2. The van der Waals surface area contributed by atoms with E-state index >= 15 is 0 Å². The first kappa shape index (κ1) is 12.4. The van der Waals surface area contributed by atoms with Gasteiger partial charge in [-0.05, 0) is 13.3 Å². The fourth-order valence-electron chi connectivity index (χ4n) is 1.13. The number of rotatable bonds is 4. The van der Waals surface area contributed by atoms with Crippen LogP contribution in [0.25, 0.3) is 0 Å². The molecule has 0 rings (SSSR count). The van der Waals surface area contributed by atoms with Crippen LogP contribution < -0.4 is 0 Å². The van der Waals surface area contributed by atoms with Crippen molar-refractivity contribution in [2.75, 3.05) is 13.6 Å². The third-order valence-electron chi connectivity index (χ3n) is 2.01. The van der Waals surface area contributed by atoms with E-state index in [1.165, 1.54) is 4.90 Å². The van der Waals surface area contributed by atoms with Gasteiger partial charge in [-0.3, -0.25) is 4.79 Å². The highest BCUT2D eigenvalue weighted by atomic mass is 16.2. The topological polar surface area (TPSA) is 67.9 Å². The summed E-state index contributed by atoms with van der Waals surface area (Å²) in [5.74, 6) is -0.969. The predicted molar refractivity (Wildman–Crippen MR) is 51.8 cm³/mol. The number of carbonyl (C=O) groups is 1. The molecule has 0 aliphatic rings. The van der Waals surface area contributed by atoms with E-state index in [1.54, 1.807) is 20.9 Å². The molecule has 0 bridgehead atoms. The number of nitrogens with zero attached hydrogens (tertiary/aromatic N) is 3. The van der Waals surface area contributed by atoms with Crippen LogP contribution >= 0.6 is 0 Å². The zero-order valence-corrected chi connectivity index (χ0v) is 8.82. The maximum atomic E-state index is 11.6. The molecule has 76 valence electrons. The summed E-state index contributed by atoms with van der Waals surface area (Å²) in [7, 11) is 1.62. The van der Waals surface area contributed by atoms with Gasteiger partial charge in [-0.25, -0.2) is 0 Å². The van der Waals surface area contributed by atoms with E-state index in [0.29, 0.717) is 13.0 Å². The molecule has 1 amide bonds. The molecule has 0 aromatic carbocycles. The van der Waals surface area contributed by atoms with Crippen molar-refractivity contribution in [3.8, 4) is 12.1 Å². The molecule has 14 heavy (non-hydrogen) atoms. The van der Waals surface area contributed by atoms with Gasteiger partial charge in [0, 0.05) is 13.6 Å². The molecule has 0 aliphatic heterocycles. The van der Waals surface area contributed by atoms with Crippen LogP contribution in [0, 0.1) is 34.5 Å². The van der Waals surface area contributed by atoms with Gasteiger partial charge in [0.2, 0.25) is 5.91 Å². The normalized spacial score (nSPS) is 13.5. The first-order chi connectivity index (χ1) is 6.56. The highest BCUT2D eigenvalue weighted by Crippen LogP contribution is 2.06. The van der Waals surface area contributed by atoms with Gasteiger partial charge >= 0.3 is 0 Å². The van der Waals surface area contributed by atoms with Crippen LogP contribution in [-0.4, -0.2) is 24.4 Å². The minimum absolute atomic E-state index is 0.194. The van der Waals surface area contributed by atoms with Crippen LogP contribution in [0.2, 0.25) is 0 Å². The quantitative estimate of drug-likeness (QED) is 0.672. The molecule has 4 nitrogen and oxygen atoms in total. The van der Waals surface area contributed by atoms with Crippen LogP contribution in [-0.2, 0) is 4.79 Å². The molecule has 0 fully saturated rings. The van der Waals surface area contributed by atoms with E-state index in [0.717, 1.165) is 0 Å². The van der Waals surface area contributed by atoms with Crippen molar-refractivity contribution in [3.05, 3.63) is 0 Å². The van der Waals surface area contributed by atoms with Gasteiger partial charge in [-0.15, -0.1) is 0 Å². The SMILES string of the molecule is CCC(C#N)C(=O)N(C)CC(C)C#N. The second-order valence-electron chi connectivity index (χ2n) is 3.34. The summed E-state index contributed by atoms with van der Waals surface area (Å²) in [6.45, 7) is 3.93. The fraction of sp³-hybridized carbons (Fsp3) is 0.700. The summed E-state index contributed by atoms with van der Waals surface area (Å²) in [5.41, 5.74) is 0. The van der Waals surface area contributed by atoms with E-state index in [4.69, 9.17) is 10.5 Å². The Balaban J connectivity index is 4.27. The molecule has 4 heteroatoms. The van der Waals surface area contributed by atoms with Gasteiger partial charge in [0.05, 0.1) is 18.1 Å². The standard InChI is InChI=1S/C10H15N3O/c1-4-9(6-12)10(14)13(3)7-8(2)5-11/h8-9H,4,7H2,1-3H3. The molecule has 0 N–H and O–H groups in total. The molecule has 0 aromatic heterocycles. The number of hydrogen-bond acceptors (Lipinski definition) is 3. The molecule has 0 aliphatic carbocycles. The fourth-order valence-corrected chi connectivity index (χ4v) is 1.13. The third-order valence-corrected chi connectivity index (χ3v) is 2.01. The van der Waals surface area contributed by atoms with E-state index in [2.05, 4.69) is 0 Å². The Morgan fingerprint density at radius 1 is 1.43 bits per heavy atom. The van der Waals surface area contributed by atoms with Crippen LogP contribution in [0.5, 0.6) is 0 Å². The molecule has 2 unspecified atom stereocenters. The lowest BCUT2D eigenvalue weighted by Gasteiger charge is -2.20. The predicted octanol–water partition coefficient (Wildman–Crippen LogP) is 1.15. The lowest BCUT2D eigenvalue weighted by molar-refractivity contribution is -0.132. The van der Waals surface area contributed by atoms with E-state index < -0.39 is 5.92 Å². The van der Waals surface area contributed by atoms with E-state index in [-0.39, 0.29) is 11.8 Å². The highest BCUT2D eigenvalue weighted by molar-refractivity contribution is 5.80. The van der Waals surface area contributed by atoms with Crippen molar-refractivity contribution in [1.82, 2.24) is 4.90 Å². The second-order valence-corrected chi connectivity index (χ2v) is 3.34. The van der Waals surface area contributed by atoms with Gasteiger partial charge in [0.25, 0.3) is 0 Å². The Kier molecular flexibility index (Phi) is 5.33. The largest absolute Gasteiger partial charge is 0.343 e. The smallest absolute Gasteiger partial charge is 0.239 e. The first-order valence-electron chi connectivity index (χ1n) is 4.61. The maximum absolute atomic E-state index is 11.6. The Bertz CT molecular complexity index is 274. The van der Waals surface area contributed by atoms with Crippen molar-refractivity contribution >= 4 is 5.91 Å². The van der Waals surface area contributed by atoms with Crippen LogP contribution in [0.4, 0.5) is 0 Å². The Hall–Kier alpha value is -1.55. The van der Waals surface area contributed by atoms with Crippen molar-refractivity contribution in [2.45, 2.75) is 20.3 Å². The number of hydrogen-bond donors (Lipinski definition) is 0. The van der Waals surface area contributed by atoms with Crippen molar-refractivity contribution < 1.29 is 4.79 Å². The molecule has 0 spiro atoms. The summed E-state index contributed by atoms with van der Waals surface area (Å²) in [6.07, 6.45) is 0.514. The van der Waals surface area contributed by atoms with Gasteiger partial charge in [-0.2, -0.15) is 10.5 Å². The van der Waals surface area contributed by atoms with E-state index in [9.17, 15) is 4.79 Å². The van der Waals surface area contributed by atoms with Crippen LogP contribution in [0.3, 0.4) is 0 Å². The lowest BCUT2D eigenvalue weighted by atomic mass is 10.1.